The zero-order valence-electron chi connectivity index (χ0n) is 13.1. The lowest BCUT2D eigenvalue weighted by atomic mass is 9.99. The highest BCUT2D eigenvalue weighted by Crippen LogP contribution is 2.31. The van der Waals surface area contributed by atoms with Crippen molar-refractivity contribution in [3.8, 4) is 0 Å². The number of Topliss-reactive ketones (excluding diaryl/α,β-unsaturated/α-hetero) is 1. The van der Waals surface area contributed by atoms with Crippen LogP contribution in [0.25, 0.3) is 0 Å². The number of imide groups is 1. The molecule has 1 fully saturated rings. The molecule has 3 rings (SSSR count). The third-order valence-corrected chi connectivity index (χ3v) is 3.94. The Bertz CT molecular complexity index is 768. The Morgan fingerprint density at radius 1 is 1.21 bits per heavy atom. The fourth-order valence-corrected chi connectivity index (χ4v) is 2.76. The molecule has 1 aromatic carbocycles. The molecule has 1 saturated heterocycles. The summed E-state index contributed by atoms with van der Waals surface area (Å²) in [6, 6.07) is 5.22. The number of carbonyl (C=O) groups excluding carboxylic acids is 4. The molecule has 0 spiro atoms. The van der Waals surface area contributed by atoms with Gasteiger partial charge >= 0.3 is 5.97 Å². The van der Waals surface area contributed by atoms with Gasteiger partial charge in [0.15, 0.2) is 11.5 Å². The van der Waals surface area contributed by atoms with Gasteiger partial charge in [-0.2, -0.15) is 5.10 Å². The van der Waals surface area contributed by atoms with Crippen molar-refractivity contribution < 1.29 is 23.9 Å². The molecule has 124 valence electrons. The Balaban J connectivity index is 1.89. The molecule has 8 nitrogen and oxygen atoms in total. The monoisotopic (exact) mass is 329 g/mol. The highest BCUT2D eigenvalue weighted by molar-refractivity contribution is 6.46. The minimum absolute atomic E-state index is 0.0944. The Hall–Kier alpha value is -3.03. The first kappa shape index (κ1) is 15.9. The van der Waals surface area contributed by atoms with Crippen LogP contribution in [0.15, 0.2) is 29.4 Å². The maximum Gasteiger partial charge on any atom is 0.355 e. The number of ether oxygens (including phenoxy) is 1. The molecule has 2 amide bonds. The molecule has 2 aliphatic rings. The van der Waals surface area contributed by atoms with Crippen molar-refractivity contribution in [2.75, 3.05) is 11.5 Å². The lowest BCUT2D eigenvalue weighted by Gasteiger charge is -2.15. The second-order valence-corrected chi connectivity index (χ2v) is 5.42. The molecular formula is C16H15N3O5. The van der Waals surface area contributed by atoms with Gasteiger partial charge in [-0.3, -0.25) is 19.8 Å². The molecule has 2 heterocycles. The van der Waals surface area contributed by atoms with E-state index in [0.717, 1.165) is 4.90 Å². The first-order chi connectivity index (χ1) is 11.5. The van der Waals surface area contributed by atoms with E-state index in [2.05, 4.69) is 10.5 Å². The number of benzene rings is 1. The van der Waals surface area contributed by atoms with Crippen LogP contribution in [0.1, 0.15) is 24.2 Å². The number of ketones is 1. The summed E-state index contributed by atoms with van der Waals surface area (Å²) in [5.41, 5.74) is 3.26. The number of carbonyl (C=O) groups is 4. The predicted molar refractivity (Wildman–Crippen MR) is 83.4 cm³/mol. The van der Waals surface area contributed by atoms with E-state index in [1.165, 1.54) is 19.1 Å². The van der Waals surface area contributed by atoms with Crippen molar-refractivity contribution in [1.29, 1.82) is 0 Å². The standard InChI is InChI=1S/C16H15N3O5/c1-3-24-16(23)13-11-12(17-18-13)15(22)19(14(11)21)10-6-4-9(5-7-10)8(2)20/h4-7,11-12,17H,3H2,1-2H3/t11-,12-/m1/s1. The van der Waals surface area contributed by atoms with E-state index in [1.54, 1.807) is 19.1 Å². The number of amides is 2. The van der Waals surface area contributed by atoms with Crippen LogP contribution in [0.4, 0.5) is 5.69 Å². The van der Waals surface area contributed by atoms with Gasteiger partial charge in [0.2, 0.25) is 5.91 Å². The molecule has 8 heteroatoms. The van der Waals surface area contributed by atoms with Gasteiger partial charge in [0, 0.05) is 5.56 Å². The third-order valence-electron chi connectivity index (χ3n) is 3.94. The van der Waals surface area contributed by atoms with Gasteiger partial charge in [0.25, 0.3) is 5.91 Å². The summed E-state index contributed by atoms with van der Waals surface area (Å²) in [6.45, 7) is 3.22. The van der Waals surface area contributed by atoms with Crippen LogP contribution in [0, 0.1) is 5.92 Å². The SMILES string of the molecule is CCOC(=O)C1=NN[C@H]2C(=O)N(c3ccc(C(C)=O)cc3)C(=O)[C@@H]12. The van der Waals surface area contributed by atoms with Crippen molar-refractivity contribution in [2.45, 2.75) is 19.9 Å². The minimum atomic E-state index is -0.996. The summed E-state index contributed by atoms with van der Waals surface area (Å²) in [7, 11) is 0. The summed E-state index contributed by atoms with van der Waals surface area (Å²) in [5, 5.41) is 3.78. The summed E-state index contributed by atoms with van der Waals surface area (Å²) in [5.74, 6) is -2.87. The average Bonchev–Trinajstić information content (AvgIpc) is 3.09. The van der Waals surface area contributed by atoms with Crippen molar-refractivity contribution in [1.82, 2.24) is 5.43 Å². The number of nitrogens with zero attached hydrogens (tertiary/aromatic N) is 2. The van der Waals surface area contributed by atoms with Crippen molar-refractivity contribution in [3.05, 3.63) is 29.8 Å². The summed E-state index contributed by atoms with van der Waals surface area (Å²) < 4.78 is 4.87. The van der Waals surface area contributed by atoms with Crippen LogP contribution in [0.3, 0.4) is 0 Å². The van der Waals surface area contributed by atoms with E-state index < -0.39 is 29.7 Å². The van der Waals surface area contributed by atoms with E-state index >= 15 is 0 Å². The predicted octanol–water partition coefficient (Wildman–Crippen LogP) is 0.269. The zero-order valence-corrected chi connectivity index (χ0v) is 13.1. The van der Waals surface area contributed by atoms with Gasteiger partial charge in [-0.05, 0) is 38.1 Å². The molecular weight excluding hydrogens is 314 g/mol. The molecule has 0 radical (unpaired) electrons. The van der Waals surface area contributed by atoms with Crippen LogP contribution in [-0.4, -0.2) is 41.9 Å². The largest absolute Gasteiger partial charge is 0.461 e. The topological polar surface area (TPSA) is 105 Å². The number of nitrogens with one attached hydrogen (secondary N) is 1. The van der Waals surface area contributed by atoms with E-state index in [9.17, 15) is 19.2 Å². The molecule has 0 unspecified atom stereocenters. The fraction of sp³-hybridized carbons (Fsp3) is 0.312. The van der Waals surface area contributed by atoms with Gasteiger partial charge in [-0.25, -0.2) is 9.69 Å². The van der Waals surface area contributed by atoms with Gasteiger partial charge in [0.1, 0.15) is 12.0 Å². The van der Waals surface area contributed by atoms with Gasteiger partial charge in [-0.1, -0.05) is 0 Å². The Labute approximate surface area is 137 Å². The number of esters is 1. The van der Waals surface area contributed by atoms with Gasteiger partial charge in [-0.15, -0.1) is 0 Å². The highest BCUT2D eigenvalue weighted by atomic mass is 16.5. The maximum absolute atomic E-state index is 12.6. The summed E-state index contributed by atoms with van der Waals surface area (Å²) in [6.07, 6.45) is 0. The average molecular weight is 329 g/mol. The first-order valence-electron chi connectivity index (χ1n) is 7.44. The number of hydrazone groups is 1. The molecule has 1 N–H and O–H groups in total. The molecule has 0 bridgehead atoms. The Morgan fingerprint density at radius 3 is 2.46 bits per heavy atom. The van der Waals surface area contributed by atoms with Crippen molar-refractivity contribution in [3.63, 3.8) is 0 Å². The normalized spacial score (nSPS) is 22.1. The van der Waals surface area contributed by atoms with Crippen molar-refractivity contribution >= 4 is 35.0 Å². The lowest BCUT2D eigenvalue weighted by molar-refractivity contribution is -0.136. The van der Waals surface area contributed by atoms with Crippen LogP contribution < -0.4 is 10.3 Å². The Kier molecular flexibility index (Phi) is 3.88. The number of anilines is 1. The molecule has 2 atom stereocenters. The lowest BCUT2D eigenvalue weighted by Crippen LogP contribution is -2.36. The number of rotatable bonds is 4. The fourth-order valence-electron chi connectivity index (χ4n) is 2.76. The minimum Gasteiger partial charge on any atom is -0.461 e. The maximum atomic E-state index is 12.6. The van der Waals surface area contributed by atoms with E-state index in [-0.39, 0.29) is 18.1 Å². The molecule has 1 aromatic rings. The van der Waals surface area contributed by atoms with E-state index in [1.807, 2.05) is 0 Å². The first-order valence-corrected chi connectivity index (χ1v) is 7.44. The molecule has 0 saturated carbocycles. The molecule has 24 heavy (non-hydrogen) atoms. The highest BCUT2D eigenvalue weighted by Gasteiger charge is 2.55. The van der Waals surface area contributed by atoms with Crippen LogP contribution in [0.5, 0.6) is 0 Å². The molecule has 2 aliphatic heterocycles. The third kappa shape index (κ3) is 2.36. The molecule has 0 aliphatic carbocycles. The van der Waals surface area contributed by atoms with Crippen LogP contribution in [-0.2, 0) is 19.1 Å². The zero-order chi connectivity index (χ0) is 17.4. The molecule has 0 aromatic heterocycles. The number of fused-ring (bicyclic) bond motifs is 1. The number of hydrogen-bond acceptors (Lipinski definition) is 7. The van der Waals surface area contributed by atoms with Crippen LogP contribution >= 0.6 is 0 Å². The quantitative estimate of drug-likeness (QED) is 0.483. The summed E-state index contributed by atoms with van der Waals surface area (Å²) >= 11 is 0. The van der Waals surface area contributed by atoms with E-state index in [0.29, 0.717) is 11.3 Å². The van der Waals surface area contributed by atoms with Gasteiger partial charge < -0.3 is 4.74 Å². The van der Waals surface area contributed by atoms with Crippen LogP contribution in [0.2, 0.25) is 0 Å². The van der Waals surface area contributed by atoms with E-state index in [4.69, 9.17) is 4.74 Å². The second-order valence-electron chi connectivity index (χ2n) is 5.42. The van der Waals surface area contributed by atoms with Crippen molar-refractivity contribution in [2.24, 2.45) is 11.0 Å². The summed E-state index contributed by atoms with van der Waals surface area (Å²) in [4.78, 5) is 49.3. The Morgan fingerprint density at radius 2 is 1.88 bits per heavy atom. The van der Waals surface area contributed by atoms with Gasteiger partial charge in [0.05, 0.1) is 12.3 Å². The number of hydrogen-bond donors (Lipinski definition) is 1. The second kappa shape index (κ2) is 5.88. The smallest absolute Gasteiger partial charge is 0.355 e.